The lowest BCUT2D eigenvalue weighted by Gasteiger charge is -2.20. The molecular formula is C10H12BrN3OS. The number of nitriles is 1. The predicted octanol–water partition coefficient (Wildman–Crippen LogP) is 3.17. The fourth-order valence-electron chi connectivity index (χ4n) is 1.31. The Hall–Kier alpha value is -0.930. The van der Waals surface area contributed by atoms with Gasteiger partial charge in [0.2, 0.25) is 5.91 Å². The molecule has 1 aromatic rings. The normalized spacial score (nSPS) is 10.9. The summed E-state index contributed by atoms with van der Waals surface area (Å²) >= 11 is 4.59. The van der Waals surface area contributed by atoms with Gasteiger partial charge in [0.15, 0.2) is 5.13 Å². The SMILES string of the molecule is CCC(C#N)(CC)C(=O)Nc1ncc(Br)s1. The molecule has 6 heteroatoms. The number of halogens is 1. The minimum absolute atomic E-state index is 0.276. The smallest absolute Gasteiger partial charge is 0.246 e. The topological polar surface area (TPSA) is 65.8 Å². The number of aromatic nitrogens is 1. The molecule has 1 heterocycles. The molecule has 4 nitrogen and oxygen atoms in total. The standard InChI is InChI=1S/C10H12BrN3OS/c1-3-10(4-2,6-12)8(15)14-9-13-5-7(11)16-9/h5H,3-4H2,1-2H3,(H,13,14,15). The molecule has 0 aliphatic carbocycles. The van der Waals surface area contributed by atoms with Gasteiger partial charge in [-0.2, -0.15) is 5.26 Å². The summed E-state index contributed by atoms with van der Waals surface area (Å²) < 4.78 is 0.846. The number of anilines is 1. The molecule has 0 fully saturated rings. The zero-order valence-corrected chi connectivity index (χ0v) is 11.5. The Bertz CT molecular complexity index is 420. The average molecular weight is 302 g/mol. The van der Waals surface area contributed by atoms with Crippen molar-refractivity contribution in [3.05, 3.63) is 9.98 Å². The lowest BCUT2D eigenvalue weighted by Crippen LogP contribution is -2.33. The van der Waals surface area contributed by atoms with E-state index in [9.17, 15) is 4.79 Å². The first-order valence-corrected chi connectivity index (χ1v) is 6.53. The molecule has 1 amide bonds. The van der Waals surface area contributed by atoms with E-state index in [1.165, 1.54) is 11.3 Å². The number of hydrogen-bond acceptors (Lipinski definition) is 4. The van der Waals surface area contributed by atoms with Crippen molar-refractivity contribution in [1.82, 2.24) is 4.98 Å². The van der Waals surface area contributed by atoms with Crippen LogP contribution in [0.1, 0.15) is 26.7 Å². The predicted molar refractivity (Wildman–Crippen MR) is 67.1 cm³/mol. The van der Waals surface area contributed by atoms with Gasteiger partial charge in [0, 0.05) is 0 Å². The zero-order valence-electron chi connectivity index (χ0n) is 9.08. The van der Waals surface area contributed by atoms with E-state index in [1.54, 1.807) is 6.20 Å². The highest BCUT2D eigenvalue weighted by Crippen LogP contribution is 2.29. The summed E-state index contributed by atoms with van der Waals surface area (Å²) in [6.07, 6.45) is 2.61. The number of rotatable bonds is 4. The van der Waals surface area contributed by atoms with E-state index in [4.69, 9.17) is 5.26 Å². The van der Waals surface area contributed by atoms with E-state index in [-0.39, 0.29) is 5.91 Å². The third kappa shape index (κ3) is 2.60. The second-order valence-corrected chi connectivity index (χ2v) is 5.73. The van der Waals surface area contributed by atoms with E-state index in [0.717, 1.165) is 3.79 Å². The summed E-state index contributed by atoms with van der Waals surface area (Å²) in [6, 6.07) is 2.09. The molecular weight excluding hydrogens is 290 g/mol. The highest BCUT2D eigenvalue weighted by atomic mass is 79.9. The van der Waals surface area contributed by atoms with Crippen LogP contribution in [0.3, 0.4) is 0 Å². The molecule has 0 saturated carbocycles. The number of thiazole rings is 1. The highest BCUT2D eigenvalue weighted by molar-refractivity contribution is 9.11. The number of hydrogen-bond donors (Lipinski definition) is 1. The maximum Gasteiger partial charge on any atom is 0.246 e. The molecule has 1 N–H and O–H groups in total. The maximum atomic E-state index is 12.0. The molecule has 0 aliphatic rings. The molecule has 86 valence electrons. The van der Waals surface area contributed by atoms with Gasteiger partial charge < -0.3 is 5.32 Å². The molecule has 1 rings (SSSR count). The number of amides is 1. The van der Waals surface area contributed by atoms with Crippen molar-refractivity contribution in [2.75, 3.05) is 5.32 Å². The fraction of sp³-hybridized carbons (Fsp3) is 0.500. The van der Waals surface area contributed by atoms with Gasteiger partial charge in [-0.3, -0.25) is 4.79 Å². The number of nitrogens with one attached hydrogen (secondary N) is 1. The first-order valence-electron chi connectivity index (χ1n) is 4.92. The average Bonchev–Trinajstić information content (AvgIpc) is 2.67. The van der Waals surface area contributed by atoms with Gasteiger partial charge in [0.1, 0.15) is 5.41 Å². The Kier molecular flexibility index (Phi) is 4.44. The Morgan fingerprint density at radius 2 is 2.31 bits per heavy atom. The van der Waals surface area contributed by atoms with Crippen LogP contribution in [-0.4, -0.2) is 10.9 Å². The van der Waals surface area contributed by atoms with Crippen LogP contribution in [0, 0.1) is 16.7 Å². The van der Waals surface area contributed by atoms with Crippen LogP contribution in [0.5, 0.6) is 0 Å². The van der Waals surface area contributed by atoms with Crippen LogP contribution in [0.25, 0.3) is 0 Å². The third-order valence-electron chi connectivity index (χ3n) is 2.55. The van der Waals surface area contributed by atoms with Crippen LogP contribution < -0.4 is 5.32 Å². The van der Waals surface area contributed by atoms with Crippen LogP contribution in [0.15, 0.2) is 9.98 Å². The van der Waals surface area contributed by atoms with Crippen molar-refractivity contribution in [2.24, 2.45) is 5.41 Å². The molecule has 0 atom stereocenters. The quantitative estimate of drug-likeness (QED) is 0.929. The van der Waals surface area contributed by atoms with E-state index < -0.39 is 5.41 Å². The Morgan fingerprint density at radius 3 is 2.69 bits per heavy atom. The number of carbonyl (C=O) groups is 1. The molecule has 0 aromatic carbocycles. The minimum Gasteiger partial charge on any atom is -0.301 e. The first kappa shape index (κ1) is 13.1. The summed E-state index contributed by atoms with van der Waals surface area (Å²) in [6.45, 7) is 3.67. The molecule has 0 bridgehead atoms. The van der Waals surface area contributed by atoms with Crippen LogP contribution in [-0.2, 0) is 4.79 Å². The zero-order chi connectivity index (χ0) is 12.2. The summed E-state index contributed by atoms with van der Waals surface area (Å²) in [5.41, 5.74) is -0.946. The second kappa shape index (κ2) is 5.41. The Labute approximate surface area is 107 Å². The monoisotopic (exact) mass is 301 g/mol. The molecule has 0 spiro atoms. The molecule has 0 unspecified atom stereocenters. The van der Waals surface area contributed by atoms with Crippen LogP contribution in [0.2, 0.25) is 0 Å². The Balaban J connectivity index is 2.82. The van der Waals surface area contributed by atoms with Gasteiger partial charge in [0.05, 0.1) is 16.1 Å². The summed E-state index contributed by atoms with van der Waals surface area (Å²) in [5, 5.41) is 12.3. The number of carbonyl (C=O) groups excluding carboxylic acids is 1. The highest BCUT2D eigenvalue weighted by Gasteiger charge is 2.35. The second-order valence-electron chi connectivity index (χ2n) is 3.32. The molecule has 0 aliphatic heterocycles. The van der Waals surface area contributed by atoms with Gasteiger partial charge in [-0.15, -0.1) is 0 Å². The summed E-state index contributed by atoms with van der Waals surface area (Å²) in [5.74, 6) is -0.276. The lowest BCUT2D eigenvalue weighted by molar-refractivity contribution is -0.123. The molecule has 16 heavy (non-hydrogen) atoms. The summed E-state index contributed by atoms with van der Waals surface area (Å²) in [7, 11) is 0. The first-order chi connectivity index (χ1) is 7.57. The van der Waals surface area contributed by atoms with Crippen molar-refractivity contribution in [2.45, 2.75) is 26.7 Å². The molecule has 1 aromatic heterocycles. The minimum atomic E-state index is -0.946. The van der Waals surface area contributed by atoms with Crippen molar-refractivity contribution < 1.29 is 4.79 Å². The van der Waals surface area contributed by atoms with Gasteiger partial charge >= 0.3 is 0 Å². The third-order valence-corrected chi connectivity index (χ3v) is 3.95. The number of nitrogens with zero attached hydrogens (tertiary/aromatic N) is 2. The van der Waals surface area contributed by atoms with Crippen LogP contribution in [0.4, 0.5) is 5.13 Å². The van der Waals surface area contributed by atoms with Gasteiger partial charge in [0.25, 0.3) is 0 Å². The van der Waals surface area contributed by atoms with Gasteiger partial charge in [-0.25, -0.2) is 4.98 Å². The van der Waals surface area contributed by atoms with Gasteiger partial charge in [-0.1, -0.05) is 25.2 Å². The maximum absolute atomic E-state index is 12.0. The van der Waals surface area contributed by atoms with E-state index >= 15 is 0 Å². The fourth-order valence-corrected chi connectivity index (χ4v) is 2.41. The van der Waals surface area contributed by atoms with E-state index in [1.807, 2.05) is 13.8 Å². The summed E-state index contributed by atoms with van der Waals surface area (Å²) in [4.78, 5) is 16.0. The molecule has 0 saturated heterocycles. The van der Waals surface area contributed by atoms with E-state index in [0.29, 0.717) is 18.0 Å². The van der Waals surface area contributed by atoms with Crippen molar-refractivity contribution in [3.63, 3.8) is 0 Å². The molecule has 0 radical (unpaired) electrons. The van der Waals surface area contributed by atoms with Crippen molar-refractivity contribution in [1.29, 1.82) is 5.26 Å². The van der Waals surface area contributed by atoms with E-state index in [2.05, 4.69) is 32.3 Å². The largest absolute Gasteiger partial charge is 0.301 e. The van der Waals surface area contributed by atoms with Crippen LogP contribution >= 0.6 is 27.3 Å². The van der Waals surface area contributed by atoms with Crippen molar-refractivity contribution >= 4 is 38.3 Å². The van der Waals surface area contributed by atoms with Crippen molar-refractivity contribution in [3.8, 4) is 6.07 Å². The Morgan fingerprint density at radius 1 is 1.69 bits per heavy atom. The van der Waals surface area contributed by atoms with Gasteiger partial charge in [-0.05, 0) is 28.8 Å². The lowest BCUT2D eigenvalue weighted by atomic mass is 9.83.